The number of rotatable bonds is 6. The number of aromatic nitrogens is 2. The number of nitrogens with two attached hydrogens (primary N) is 1. The Bertz CT molecular complexity index is 721. The smallest absolute Gasteiger partial charge is 0.383 e. The minimum atomic E-state index is -5.17. The summed E-state index contributed by atoms with van der Waals surface area (Å²) < 4.78 is 36.5. The Balaban J connectivity index is 1.92. The van der Waals surface area contributed by atoms with Crippen molar-refractivity contribution in [1.29, 1.82) is 0 Å². The molecule has 15 heteroatoms. The number of hydrogen-bond donors (Lipinski definition) is 4. The molecule has 1 aliphatic heterocycles. The van der Waals surface area contributed by atoms with Gasteiger partial charge < -0.3 is 25.2 Å². The number of thioether (sulfide) groups is 1. The third-order valence-corrected chi connectivity index (χ3v) is 5.73. The number of anilines is 1. The van der Waals surface area contributed by atoms with Gasteiger partial charge in [0.2, 0.25) is 0 Å². The molecule has 0 spiro atoms. The summed E-state index contributed by atoms with van der Waals surface area (Å²) >= 11 is 1.17. The second kappa shape index (κ2) is 7.01. The molecule has 0 radical (unpaired) electrons. The minimum Gasteiger partial charge on any atom is -0.383 e. The monoisotopic (exact) mass is 389 g/mol. The van der Waals surface area contributed by atoms with E-state index in [0.717, 1.165) is 0 Å². The van der Waals surface area contributed by atoms with Crippen molar-refractivity contribution in [3.63, 3.8) is 0 Å². The molecular formula is C8H13N3O9P2S. The van der Waals surface area contributed by atoms with Crippen molar-refractivity contribution in [3.8, 4) is 0 Å². The van der Waals surface area contributed by atoms with Gasteiger partial charge in [-0.15, -0.1) is 11.8 Å². The van der Waals surface area contributed by atoms with E-state index in [1.807, 2.05) is 0 Å². The van der Waals surface area contributed by atoms with Gasteiger partial charge in [0.15, 0.2) is 0 Å². The van der Waals surface area contributed by atoms with Crippen LogP contribution in [0.15, 0.2) is 17.1 Å². The van der Waals surface area contributed by atoms with Crippen molar-refractivity contribution in [2.45, 2.75) is 11.7 Å². The van der Waals surface area contributed by atoms with E-state index in [-0.39, 0.29) is 5.82 Å². The summed E-state index contributed by atoms with van der Waals surface area (Å²) in [5.74, 6) is 0.391. The maximum Gasteiger partial charge on any atom is 0.481 e. The van der Waals surface area contributed by atoms with Crippen LogP contribution < -0.4 is 11.4 Å². The molecule has 5 N–H and O–H groups in total. The van der Waals surface area contributed by atoms with Crippen LogP contribution in [0.4, 0.5) is 5.82 Å². The fraction of sp³-hybridized carbons (Fsp3) is 0.500. The van der Waals surface area contributed by atoms with E-state index in [2.05, 4.69) is 13.8 Å². The Morgan fingerprint density at radius 3 is 2.78 bits per heavy atom. The summed E-state index contributed by atoms with van der Waals surface area (Å²) in [6, 6.07) is 1.41. The van der Waals surface area contributed by atoms with Crippen molar-refractivity contribution in [3.05, 3.63) is 22.7 Å². The van der Waals surface area contributed by atoms with Crippen molar-refractivity contribution >= 4 is 33.2 Å². The minimum absolute atomic E-state index is 0.0626. The maximum atomic E-state index is 11.7. The molecular weight excluding hydrogens is 376 g/mol. The first-order valence-corrected chi connectivity index (χ1v) is 9.99. The van der Waals surface area contributed by atoms with Gasteiger partial charge in [0.05, 0.1) is 6.61 Å². The number of phosphoric ester groups is 1. The van der Waals surface area contributed by atoms with E-state index >= 15 is 0 Å². The zero-order chi connectivity index (χ0) is 17.3. The van der Waals surface area contributed by atoms with Gasteiger partial charge in [0.1, 0.15) is 17.5 Å². The van der Waals surface area contributed by atoms with Crippen LogP contribution in [0.2, 0.25) is 0 Å². The summed E-state index contributed by atoms with van der Waals surface area (Å²) in [5.41, 5.74) is 4.01. The molecule has 1 aliphatic rings. The highest BCUT2D eigenvalue weighted by atomic mass is 32.2. The fourth-order valence-electron chi connectivity index (χ4n) is 1.63. The molecule has 2 heterocycles. The van der Waals surface area contributed by atoms with Gasteiger partial charge in [-0.05, 0) is 6.07 Å². The Labute approximate surface area is 133 Å². The fourth-order valence-corrected chi connectivity index (χ4v) is 4.31. The van der Waals surface area contributed by atoms with Crippen LogP contribution in [-0.2, 0) is 22.7 Å². The van der Waals surface area contributed by atoms with Gasteiger partial charge in [0.25, 0.3) is 0 Å². The lowest BCUT2D eigenvalue weighted by Gasteiger charge is -2.16. The largest absolute Gasteiger partial charge is 0.481 e. The summed E-state index contributed by atoms with van der Waals surface area (Å²) in [6.07, 6.45) is 0.711. The molecule has 12 nitrogen and oxygen atoms in total. The highest BCUT2D eigenvalue weighted by Gasteiger charge is 2.35. The zero-order valence-corrected chi connectivity index (χ0v) is 13.9. The van der Waals surface area contributed by atoms with Gasteiger partial charge in [-0.25, -0.2) is 13.9 Å². The quantitative estimate of drug-likeness (QED) is 0.464. The highest BCUT2D eigenvalue weighted by Crippen LogP contribution is 2.57. The molecule has 1 aromatic rings. The predicted octanol–water partition coefficient (Wildman–Crippen LogP) is -0.360. The zero-order valence-electron chi connectivity index (χ0n) is 11.3. The van der Waals surface area contributed by atoms with Gasteiger partial charge in [-0.2, -0.15) is 9.29 Å². The first-order chi connectivity index (χ1) is 10.6. The normalized spacial score (nSPS) is 24.5. The van der Waals surface area contributed by atoms with Crippen LogP contribution in [-0.4, -0.2) is 42.0 Å². The summed E-state index contributed by atoms with van der Waals surface area (Å²) in [6.45, 7) is -0.480. The molecule has 1 aromatic heterocycles. The van der Waals surface area contributed by atoms with E-state index in [4.69, 9.17) is 25.2 Å². The summed E-state index contributed by atoms with van der Waals surface area (Å²) in [4.78, 5) is 41.3. The molecule has 0 bridgehead atoms. The van der Waals surface area contributed by atoms with Crippen molar-refractivity contribution in [2.24, 2.45) is 0 Å². The van der Waals surface area contributed by atoms with Crippen LogP contribution in [0.1, 0.15) is 6.23 Å². The second-order valence-corrected chi connectivity index (χ2v) is 8.25. The molecule has 1 saturated heterocycles. The molecule has 3 atom stereocenters. The van der Waals surface area contributed by atoms with E-state index in [0.29, 0.717) is 5.75 Å². The summed E-state index contributed by atoms with van der Waals surface area (Å²) in [7, 11) is -10.1. The molecule has 0 amide bonds. The standard InChI is InChI=1S/C8H13N3O9P2S/c9-5-1-2-11(8(12)10-5)6-4-23-7(19-6)3-18-22(16,17)20-21(13,14)15/h1-2,6-7H,3-4H2,(H,16,17)(H2,9,10,12)(H2,13,14,15)/t6-,7+/m0/s1. The molecule has 0 aromatic carbocycles. The number of hydrogen-bond acceptors (Lipinski definition) is 9. The first kappa shape index (κ1) is 18.6. The summed E-state index contributed by atoms with van der Waals surface area (Å²) in [5, 5.41) is 0. The van der Waals surface area contributed by atoms with Gasteiger partial charge >= 0.3 is 21.3 Å². The van der Waals surface area contributed by atoms with Crippen LogP contribution in [0, 0.1) is 0 Å². The second-order valence-electron chi connectivity index (χ2n) is 4.23. The third kappa shape index (κ3) is 5.68. The first-order valence-electron chi connectivity index (χ1n) is 5.92. The Hall–Kier alpha value is -0.750. The van der Waals surface area contributed by atoms with Gasteiger partial charge in [0, 0.05) is 11.9 Å². The topological polar surface area (TPSA) is 183 Å². The van der Waals surface area contributed by atoms with E-state index < -0.39 is 39.6 Å². The number of ether oxygens (including phenoxy) is 1. The lowest BCUT2D eigenvalue weighted by molar-refractivity contribution is -0.00646. The molecule has 0 saturated carbocycles. The van der Waals surface area contributed by atoms with E-state index in [9.17, 15) is 13.9 Å². The number of nitrogens with zero attached hydrogens (tertiary/aromatic N) is 2. The molecule has 2 rings (SSSR count). The number of nitrogen functional groups attached to an aromatic ring is 1. The highest BCUT2D eigenvalue weighted by molar-refractivity contribution is 8.00. The SMILES string of the molecule is Nc1ccn([C@@H]2CS[C@H](COP(=O)(O)OP(=O)(O)O)O2)c(=O)n1. The predicted molar refractivity (Wildman–Crippen MR) is 78.2 cm³/mol. The third-order valence-electron chi connectivity index (χ3n) is 2.48. The van der Waals surface area contributed by atoms with Gasteiger partial charge in [-0.1, -0.05) is 0 Å². The maximum absolute atomic E-state index is 11.7. The van der Waals surface area contributed by atoms with Crippen LogP contribution in [0.5, 0.6) is 0 Å². The lowest BCUT2D eigenvalue weighted by Crippen LogP contribution is -2.28. The molecule has 1 fully saturated rings. The van der Waals surface area contributed by atoms with Crippen LogP contribution >= 0.6 is 27.4 Å². The van der Waals surface area contributed by atoms with Crippen molar-refractivity contribution in [2.75, 3.05) is 18.1 Å². The molecule has 1 unspecified atom stereocenters. The van der Waals surface area contributed by atoms with Crippen LogP contribution in [0.25, 0.3) is 0 Å². The Morgan fingerprint density at radius 1 is 1.48 bits per heavy atom. The lowest BCUT2D eigenvalue weighted by atomic mass is 10.5. The molecule has 130 valence electrons. The Morgan fingerprint density at radius 2 is 2.17 bits per heavy atom. The van der Waals surface area contributed by atoms with Crippen molar-refractivity contribution in [1.82, 2.24) is 9.55 Å². The average molecular weight is 389 g/mol. The van der Waals surface area contributed by atoms with E-state index in [1.165, 1.54) is 28.6 Å². The molecule has 23 heavy (non-hydrogen) atoms. The van der Waals surface area contributed by atoms with Gasteiger partial charge in [-0.3, -0.25) is 9.09 Å². The molecule has 0 aliphatic carbocycles. The number of phosphoric acid groups is 2. The van der Waals surface area contributed by atoms with Crippen LogP contribution in [0.3, 0.4) is 0 Å². The van der Waals surface area contributed by atoms with E-state index in [1.54, 1.807) is 0 Å². The Kier molecular flexibility index (Phi) is 5.67. The average Bonchev–Trinajstić information content (AvgIpc) is 2.82. The van der Waals surface area contributed by atoms with Crippen molar-refractivity contribution < 1.29 is 37.4 Å².